The zero-order valence-corrected chi connectivity index (χ0v) is 12.0. The summed E-state index contributed by atoms with van der Waals surface area (Å²) in [5.41, 5.74) is -1.63. The van der Waals surface area contributed by atoms with Gasteiger partial charge >= 0.3 is 7.12 Å². The molecule has 5 nitrogen and oxygen atoms in total. The van der Waals surface area contributed by atoms with E-state index >= 15 is 0 Å². The van der Waals surface area contributed by atoms with Gasteiger partial charge in [-0.25, -0.2) is 0 Å². The summed E-state index contributed by atoms with van der Waals surface area (Å²) in [5, 5.41) is 29.5. The van der Waals surface area contributed by atoms with Gasteiger partial charge < -0.3 is 24.6 Å². The molecule has 0 aliphatic heterocycles. The quantitative estimate of drug-likeness (QED) is 0.683. The minimum absolute atomic E-state index is 0.0137. The molecular formula is C13H21BO5. The Hall–Kier alpha value is -1.24. The lowest BCUT2D eigenvalue weighted by atomic mass is 9.76. The van der Waals surface area contributed by atoms with Crippen molar-refractivity contribution < 1.29 is 24.6 Å². The highest BCUT2D eigenvalue weighted by Gasteiger charge is 2.39. The molecule has 0 aromatic heterocycles. The van der Waals surface area contributed by atoms with Crippen molar-refractivity contribution in [1.82, 2.24) is 0 Å². The molecule has 0 saturated carbocycles. The van der Waals surface area contributed by atoms with Crippen LogP contribution >= 0.6 is 0 Å². The van der Waals surface area contributed by atoms with Crippen molar-refractivity contribution in [1.29, 1.82) is 0 Å². The van der Waals surface area contributed by atoms with Crippen molar-refractivity contribution in [3.05, 3.63) is 18.2 Å². The van der Waals surface area contributed by atoms with Crippen LogP contribution in [0.5, 0.6) is 11.5 Å². The van der Waals surface area contributed by atoms with Crippen molar-refractivity contribution in [3.63, 3.8) is 0 Å². The summed E-state index contributed by atoms with van der Waals surface area (Å²) >= 11 is 0. The third-order valence-electron chi connectivity index (χ3n) is 3.37. The Morgan fingerprint density at radius 3 is 2.21 bits per heavy atom. The third kappa shape index (κ3) is 3.62. The van der Waals surface area contributed by atoms with E-state index in [4.69, 9.17) is 9.39 Å². The van der Waals surface area contributed by atoms with Crippen LogP contribution in [0.2, 0.25) is 0 Å². The van der Waals surface area contributed by atoms with Crippen LogP contribution in [0.15, 0.2) is 18.2 Å². The van der Waals surface area contributed by atoms with Crippen molar-refractivity contribution in [2.24, 2.45) is 0 Å². The van der Waals surface area contributed by atoms with Gasteiger partial charge in [-0.05, 0) is 45.3 Å². The van der Waals surface area contributed by atoms with Gasteiger partial charge in [0.15, 0.2) is 11.5 Å². The van der Waals surface area contributed by atoms with Gasteiger partial charge in [0.05, 0.1) is 18.3 Å². The maximum atomic E-state index is 10.1. The fourth-order valence-corrected chi connectivity index (χ4v) is 1.34. The number of phenolic OH excluding ortho intramolecular Hbond substituents is 1. The Labute approximate surface area is 113 Å². The largest absolute Gasteiger partial charge is 0.504 e. The van der Waals surface area contributed by atoms with E-state index in [9.17, 15) is 15.2 Å². The van der Waals surface area contributed by atoms with Gasteiger partial charge in [-0.1, -0.05) is 6.07 Å². The van der Waals surface area contributed by atoms with E-state index in [1.54, 1.807) is 27.7 Å². The first-order valence-corrected chi connectivity index (χ1v) is 6.03. The molecule has 0 heterocycles. The lowest BCUT2D eigenvalue weighted by Crippen LogP contribution is -2.53. The topological polar surface area (TPSA) is 79.2 Å². The molecule has 6 heteroatoms. The van der Waals surface area contributed by atoms with Gasteiger partial charge in [-0.15, -0.1) is 0 Å². The molecule has 1 rings (SSSR count). The highest BCUT2D eigenvalue weighted by molar-refractivity contribution is 6.60. The second kappa shape index (κ2) is 5.40. The summed E-state index contributed by atoms with van der Waals surface area (Å²) in [4.78, 5) is 0. The van der Waals surface area contributed by atoms with Crippen LogP contribution in [-0.2, 0) is 4.65 Å². The summed E-state index contributed by atoms with van der Waals surface area (Å²) in [6.07, 6.45) is 0. The second-order valence-electron chi connectivity index (χ2n) is 5.47. The highest BCUT2D eigenvalue weighted by Crippen LogP contribution is 2.26. The Bertz CT molecular complexity index is 439. The van der Waals surface area contributed by atoms with Crippen molar-refractivity contribution in [3.8, 4) is 11.5 Å². The summed E-state index contributed by atoms with van der Waals surface area (Å²) < 4.78 is 10.5. The predicted molar refractivity (Wildman–Crippen MR) is 73.7 cm³/mol. The summed E-state index contributed by atoms with van der Waals surface area (Å²) in [5.74, 6) is 0.237. The fraction of sp³-hybridized carbons (Fsp3) is 0.538. The van der Waals surface area contributed by atoms with Crippen LogP contribution in [0.1, 0.15) is 27.7 Å². The van der Waals surface area contributed by atoms with Gasteiger partial charge in [0.1, 0.15) is 0 Å². The number of hydrogen-bond donors (Lipinski definition) is 3. The van der Waals surface area contributed by atoms with E-state index < -0.39 is 18.3 Å². The molecule has 0 aliphatic rings. The molecule has 0 unspecified atom stereocenters. The molecule has 1 aromatic rings. The maximum absolute atomic E-state index is 10.1. The van der Waals surface area contributed by atoms with Crippen LogP contribution in [0.4, 0.5) is 0 Å². The molecule has 0 aliphatic carbocycles. The summed E-state index contributed by atoms with van der Waals surface area (Å²) in [6, 6.07) is 4.43. The molecule has 0 bridgehead atoms. The normalized spacial score (nSPS) is 12.4. The Morgan fingerprint density at radius 2 is 1.74 bits per heavy atom. The van der Waals surface area contributed by atoms with Crippen LogP contribution in [-0.4, -0.2) is 40.7 Å². The van der Waals surface area contributed by atoms with E-state index in [0.717, 1.165) is 0 Å². The lowest BCUT2D eigenvalue weighted by molar-refractivity contribution is -0.0982. The van der Waals surface area contributed by atoms with Crippen LogP contribution in [0.3, 0.4) is 0 Å². The maximum Gasteiger partial charge on any atom is 0.491 e. The molecule has 0 atom stereocenters. The SMILES string of the molecule is COc1cc(B(O)OC(C)(C)C(C)(C)O)ccc1O. The molecule has 0 amide bonds. The number of phenols is 1. The zero-order valence-electron chi connectivity index (χ0n) is 12.0. The Kier molecular flexibility index (Phi) is 4.50. The highest BCUT2D eigenvalue weighted by atomic mass is 16.5. The minimum atomic E-state index is -1.23. The molecule has 0 spiro atoms. The number of rotatable bonds is 5. The smallest absolute Gasteiger partial charge is 0.491 e. The van der Waals surface area contributed by atoms with Crippen molar-refractivity contribution >= 4 is 12.6 Å². The standard InChI is InChI=1S/C13H21BO5/c1-12(2,16)13(3,4)19-14(17)9-6-7-10(15)11(8-9)18-5/h6-8,15-17H,1-5H3. The minimum Gasteiger partial charge on any atom is -0.504 e. The van der Waals surface area contributed by atoms with Gasteiger partial charge in [0, 0.05) is 0 Å². The Balaban J connectivity index is 2.93. The van der Waals surface area contributed by atoms with E-state index in [1.807, 2.05) is 0 Å². The van der Waals surface area contributed by atoms with Gasteiger partial charge in [0.2, 0.25) is 0 Å². The number of benzene rings is 1. The van der Waals surface area contributed by atoms with E-state index in [1.165, 1.54) is 25.3 Å². The molecule has 1 aromatic carbocycles. The van der Waals surface area contributed by atoms with E-state index in [0.29, 0.717) is 5.46 Å². The third-order valence-corrected chi connectivity index (χ3v) is 3.37. The summed E-state index contributed by atoms with van der Waals surface area (Å²) in [7, 11) is 0.197. The van der Waals surface area contributed by atoms with Crippen LogP contribution < -0.4 is 10.2 Å². The molecule has 19 heavy (non-hydrogen) atoms. The zero-order chi connectivity index (χ0) is 14.8. The number of aliphatic hydroxyl groups is 1. The molecular weight excluding hydrogens is 247 g/mol. The monoisotopic (exact) mass is 268 g/mol. The Morgan fingerprint density at radius 1 is 1.16 bits per heavy atom. The average Bonchev–Trinajstić information content (AvgIpc) is 2.27. The predicted octanol–water partition coefficient (Wildman–Crippen LogP) is 0.654. The lowest BCUT2D eigenvalue weighted by Gasteiger charge is -2.38. The van der Waals surface area contributed by atoms with Crippen molar-refractivity contribution in [2.75, 3.05) is 7.11 Å². The van der Waals surface area contributed by atoms with E-state index in [-0.39, 0.29) is 11.5 Å². The molecule has 0 saturated heterocycles. The number of ether oxygens (including phenoxy) is 1. The number of hydrogen-bond acceptors (Lipinski definition) is 5. The number of aromatic hydroxyl groups is 1. The van der Waals surface area contributed by atoms with Crippen LogP contribution in [0, 0.1) is 0 Å². The van der Waals surface area contributed by atoms with E-state index in [2.05, 4.69) is 0 Å². The molecule has 106 valence electrons. The summed E-state index contributed by atoms with van der Waals surface area (Å²) in [6.45, 7) is 6.59. The average molecular weight is 268 g/mol. The first kappa shape index (κ1) is 15.8. The van der Waals surface area contributed by atoms with Crippen molar-refractivity contribution in [2.45, 2.75) is 38.9 Å². The van der Waals surface area contributed by atoms with Gasteiger partial charge in [-0.2, -0.15) is 0 Å². The molecule has 0 fully saturated rings. The molecule has 3 N–H and O–H groups in total. The molecule has 0 radical (unpaired) electrons. The van der Waals surface area contributed by atoms with Gasteiger partial charge in [0.25, 0.3) is 0 Å². The second-order valence-corrected chi connectivity index (χ2v) is 5.47. The fourth-order valence-electron chi connectivity index (χ4n) is 1.34. The first-order valence-electron chi connectivity index (χ1n) is 6.03. The van der Waals surface area contributed by atoms with Crippen LogP contribution in [0.25, 0.3) is 0 Å². The van der Waals surface area contributed by atoms with Gasteiger partial charge in [-0.3, -0.25) is 0 Å². The first-order chi connectivity index (χ1) is 8.58. The number of methoxy groups -OCH3 is 1.